The summed E-state index contributed by atoms with van der Waals surface area (Å²) in [5.41, 5.74) is 1.65. The van der Waals surface area contributed by atoms with E-state index in [0.29, 0.717) is 6.54 Å². The standard InChI is InChI=1S/C23H27F2N3O/c24-19-10-9-16(13-20(19)25)14-28-12-4-7-18(15-28)22(21-8-1-2-11-26-21)27-23(29)17-5-3-6-17/h1-2,8-11,13,17-18,22H,3-7,12,14-15H2,(H,27,29)/t18-,22+/m0/s1. The highest BCUT2D eigenvalue weighted by molar-refractivity contribution is 5.79. The van der Waals surface area contributed by atoms with E-state index in [2.05, 4.69) is 15.2 Å². The minimum absolute atomic E-state index is 0.128. The molecule has 0 unspecified atom stereocenters. The highest BCUT2D eigenvalue weighted by atomic mass is 19.2. The van der Waals surface area contributed by atoms with Gasteiger partial charge in [-0.3, -0.25) is 14.7 Å². The Morgan fingerprint density at radius 3 is 2.69 bits per heavy atom. The lowest BCUT2D eigenvalue weighted by molar-refractivity contribution is -0.128. The fraction of sp³-hybridized carbons (Fsp3) is 0.478. The molecule has 1 aliphatic heterocycles. The van der Waals surface area contributed by atoms with Crippen LogP contribution in [0.2, 0.25) is 0 Å². The van der Waals surface area contributed by atoms with E-state index in [9.17, 15) is 13.6 Å². The van der Waals surface area contributed by atoms with Crippen LogP contribution in [0.3, 0.4) is 0 Å². The molecule has 1 aliphatic carbocycles. The van der Waals surface area contributed by atoms with Gasteiger partial charge in [0.05, 0.1) is 11.7 Å². The van der Waals surface area contributed by atoms with Crippen molar-refractivity contribution in [2.75, 3.05) is 13.1 Å². The normalized spacial score (nSPS) is 21.4. The molecule has 1 aromatic carbocycles. The van der Waals surface area contributed by atoms with Gasteiger partial charge >= 0.3 is 0 Å². The van der Waals surface area contributed by atoms with E-state index in [0.717, 1.165) is 56.5 Å². The average Bonchev–Trinajstić information content (AvgIpc) is 2.68. The lowest BCUT2D eigenvalue weighted by atomic mass is 9.83. The van der Waals surface area contributed by atoms with Crippen LogP contribution in [0.4, 0.5) is 8.78 Å². The maximum Gasteiger partial charge on any atom is 0.223 e. The molecule has 1 amide bonds. The van der Waals surface area contributed by atoms with Gasteiger partial charge in [-0.15, -0.1) is 0 Å². The smallest absolute Gasteiger partial charge is 0.223 e. The zero-order valence-corrected chi connectivity index (χ0v) is 16.5. The second kappa shape index (κ2) is 8.99. The largest absolute Gasteiger partial charge is 0.347 e. The Morgan fingerprint density at radius 2 is 2.00 bits per heavy atom. The van der Waals surface area contributed by atoms with Crippen molar-refractivity contribution in [2.45, 2.75) is 44.7 Å². The fourth-order valence-electron chi connectivity index (χ4n) is 4.34. The number of rotatable bonds is 6. The Hall–Kier alpha value is -2.34. The third kappa shape index (κ3) is 4.81. The number of likely N-dealkylation sites (tertiary alicyclic amines) is 1. The number of benzene rings is 1. The molecule has 29 heavy (non-hydrogen) atoms. The first-order valence-corrected chi connectivity index (χ1v) is 10.5. The maximum absolute atomic E-state index is 13.6. The lowest BCUT2D eigenvalue weighted by Crippen LogP contribution is -2.45. The van der Waals surface area contributed by atoms with Crippen molar-refractivity contribution in [1.82, 2.24) is 15.2 Å². The van der Waals surface area contributed by atoms with E-state index >= 15 is 0 Å². The minimum Gasteiger partial charge on any atom is -0.347 e. The molecule has 2 aromatic rings. The van der Waals surface area contributed by atoms with Crippen LogP contribution in [0.15, 0.2) is 42.6 Å². The molecule has 2 atom stereocenters. The summed E-state index contributed by atoms with van der Waals surface area (Å²) in [4.78, 5) is 19.4. The van der Waals surface area contributed by atoms with Gasteiger partial charge in [0, 0.05) is 25.2 Å². The van der Waals surface area contributed by atoms with Crippen LogP contribution in [0.25, 0.3) is 0 Å². The van der Waals surface area contributed by atoms with Gasteiger partial charge in [-0.1, -0.05) is 18.6 Å². The van der Waals surface area contributed by atoms with Crippen molar-refractivity contribution in [3.05, 3.63) is 65.5 Å². The molecule has 6 heteroatoms. The zero-order chi connectivity index (χ0) is 20.2. The Morgan fingerprint density at radius 1 is 1.14 bits per heavy atom. The molecule has 1 aromatic heterocycles. The Balaban J connectivity index is 1.47. The van der Waals surface area contributed by atoms with Crippen LogP contribution in [0.1, 0.15) is 49.4 Å². The molecule has 1 saturated heterocycles. The molecule has 2 aliphatic rings. The molecule has 154 valence electrons. The highest BCUT2D eigenvalue weighted by Crippen LogP contribution is 2.32. The number of amides is 1. The van der Waals surface area contributed by atoms with Crippen molar-refractivity contribution in [3.8, 4) is 0 Å². The number of halogens is 2. The molecule has 0 radical (unpaired) electrons. The third-order valence-electron chi connectivity index (χ3n) is 6.18. The summed E-state index contributed by atoms with van der Waals surface area (Å²) in [5.74, 6) is -1.14. The molecule has 4 rings (SSSR count). The molecule has 1 N–H and O–H groups in total. The highest BCUT2D eigenvalue weighted by Gasteiger charge is 2.33. The first kappa shape index (κ1) is 20.0. The summed E-state index contributed by atoms with van der Waals surface area (Å²) in [6, 6.07) is 9.76. The van der Waals surface area contributed by atoms with E-state index in [-0.39, 0.29) is 23.8 Å². The molecular formula is C23H27F2N3O. The number of hydrogen-bond acceptors (Lipinski definition) is 3. The van der Waals surface area contributed by atoms with E-state index in [1.807, 2.05) is 18.2 Å². The second-order valence-corrected chi connectivity index (χ2v) is 8.25. The van der Waals surface area contributed by atoms with Crippen LogP contribution in [-0.2, 0) is 11.3 Å². The molecule has 1 saturated carbocycles. The Labute approximate surface area is 170 Å². The number of carbonyl (C=O) groups is 1. The summed E-state index contributed by atoms with van der Waals surface area (Å²) in [7, 11) is 0. The molecule has 2 fully saturated rings. The van der Waals surface area contributed by atoms with Crippen molar-refractivity contribution < 1.29 is 13.6 Å². The number of nitrogens with one attached hydrogen (secondary N) is 1. The summed E-state index contributed by atoms with van der Waals surface area (Å²) in [5, 5.41) is 3.27. The van der Waals surface area contributed by atoms with Crippen LogP contribution in [0, 0.1) is 23.5 Å². The van der Waals surface area contributed by atoms with E-state index < -0.39 is 11.6 Å². The van der Waals surface area contributed by atoms with Gasteiger partial charge in [-0.25, -0.2) is 8.78 Å². The fourth-order valence-corrected chi connectivity index (χ4v) is 4.34. The van der Waals surface area contributed by atoms with Crippen LogP contribution >= 0.6 is 0 Å². The first-order chi connectivity index (χ1) is 14.1. The van der Waals surface area contributed by atoms with Crippen molar-refractivity contribution in [2.24, 2.45) is 11.8 Å². The minimum atomic E-state index is -0.820. The Bertz CT molecular complexity index is 841. The SMILES string of the molecule is O=C(N[C@@H](c1ccccn1)[C@H]1CCCN(Cc2ccc(F)c(F)c2)C1)C1CCC1. The van der Waals surface area contributed by atoms with Gasteiger partial charge in [0.2, 0.25) is 5.91 Å². The zero-order valence-electron chi connectivity index (χ0n) is 16.5. The van der Waals surface area contributed by atoms with Crippen LogP contribution < -0.4 is 5.32 Å². The van der Waals surface area contributed by atoms with Gasteiger partial charge in [0.25, 0.3) is 0 Å². The van der Waals surface area contributed by atoms with Gasteiger partial charge in [-0.05, 0) is 68.0 Å². The number of hydrogen-bond donors (Lipinski definition) is 1. The van der Waals surface area contributed by atoms with Crippen molar-refractivity contribution in [3.63, 3.8) is 0 Å². The van der Waals surface area contributed by atoms with Crippen molar-refractivity contribution in [1.29, 1.82) is 0 Å². The van der Waals surface area contributed by atoms with Crippen molar-refractivity contribution >= 4 is 5.91 Å². The molecule has 2 heterocycles. The number of aromatic nitrogens is 1. The van der Waals surface area contributed by atoms with Crippen LogP contribution in [0.5, 0.6) is 0 Å². The Kier molecular flexibility index (Phi) is 6.19. The summed E-state index contributed by atoms with van der Waals surface area (Å²) >= 11 is 0. The average molecular weight is 399 g/mol. The molecule has 0 spiro atoms. The van der Waals surface area contributed by atoms with Gasteiger partial charge in [0.1, 0.15) is 0 Å². The van der Waals surface area contributed by atoms with Gasteiger partial charge < -0.3 is 5.32 Å². The maximum atomic E-state index is 13.6. The van der Waals surface area contributed by atoms with E-state index in [4.69, 9.17) is 0 Å². The first-order valence-electron chi connectivity index (χ1n) is 10.5. The third-order valence-corrected chi connectivity index (χ3v) is 6.18. The van der Waals surface area contributed by atoms with Crippen LogP contribution in [-0.4, -0.2) is 28.9 Å². The summed E-state index contributed by atoms with van der Waals surface area (Å²) in [6.45, 7) is 2.26. The topological polar surface area (TPSA) is 45.2 Å². The predicted molar refractivity (Wildman–Crippen MR) is 107 cm³/mol. The number of carbonyl (C=O) groups excluding carboxylic acids is 1. The predicted octanol–water partition coefficient (Wildman–Crippen LogP) is 4.23. The summed E-state index contributed by atoms with van der Waals surface area (Å²) < 4.78 is 26.8. The molecule has 0 bridgehead atoms. The second-order valence-electron chi connectivity index (χ2n) is 8.25. The number of pyridine rings is 1. The van der Waals surface area contributed by atoms with Gasteiger partial charge in [-0.2, -0.15) is 0 Å². The molecular weight excluding hydrogens is 372 g/mol. The summed E-state index contributed by atoms with van der Waals surface area (Å²) in [6.07, 6.45) is 6.82. The van der Waals surface area contributed by atoms with Gasteiger partial charge in [0.15, 0.2) is 11.6 Å². The number of piperidine rings is 1. The number of nitrogens with zero attached hydrogens (tertiary/aromatic N) is 2. The quantitative estimate of drug-likeness (QED) is 0.791. The molecule has 4 nitrogen and oxygen atoms in total. The monoisotopic (exact) mass is 399 g/mol. The van der Waals surface area contributed by atoms with E-state index in [1.54, 1.807) is 12.3 Å². The lowest BCUT2D eigenvalue weighted by Gasteiger charge is -2.38. The van der Waals surface area contributed by atoms with E-state index in [1.165, 1.54) is 12.1 Å².